The van der Waals surface area contributed by atoms with Gasteiger partial charge in [-0.1, -0.05) is 30.3 Å². The highest BCUT2D eigenvalue weighted by Gasteiger charge is 2.51. The Kier molecular flexibility index (Phi) is 4.23. The molecule has 126 valence electrons. The fraction of sp³-hybridized carbons (Fsp3) is 0.588. The highest BCUT2D eigenvalue weighted by Crippen LogP contribution is 2.38. The van der Waals surface area contributed by atoms with E-state index in [9.17, 15) is 13.2 Å². The van der Waals surface area contributed by atoms with E-state index in [2.05, 4.69) is 5.32 Å². The van der Waals surface area contributed by atoms with Gasteiger partial charge in [0.2, 0.25) is 15.9 Å². The molecule has 0 aromatic heterocycles. The molecule has 1 amide bonds. The number of nitrogens with zero attached hydrogens (tertiary/aromatic N) is 1. The van der Waals surface area contributed by atoms with E-state index in [-0.39, 0.29) is 23.1 Å². The van der Waals surface area contributed by atoms with Crippen LogP contribution < -0.4 is 5.32 Å². The van der Waals surface area contributed by atoms with Crippen LogP contribution in [0.4, 0.5) is 0 Å². The third-order valence-corrected chi connectivity index (χ3v) is 7.05. The Hall–Kier alpha value is -1.40. The molecular weight excluding hydrogens is 312 g/mol. The van der Waals surface area contributed by atoms with Crippen molar-refractivity contribution in [2.24, 2.45) is 11.3 Å². The zero-order valence-electron chi connectivity index (χ0n) is 13.7. The summed E-state index contributed by atoms with van der Waals surface area (Å²) in [5.41, 5.74) is 0.498. The number of amides is 1. The highest BCUT2D eigenvalue weighted by atomic mass is 32.2. The maximum Gasteiger partial charge on any atom is 0.228 e. The van der Waals surface area contributed by atoms with Crippen LogP contribution in [0.3, 0.4) is 0 Å². The third kappa shape index (κ3) is 3.15. The van der Waals surface area contributed by atoms with Crippen molar-refractivity contribution in [2.75, 3.05) is 13.1 Å². The molecule has 0 saturated carbocycles. The number of benzene rings is 1. The number of β-lactam (4-membered cyclic amide) rings is 1. The van der Waals surface area contributed by atoms with Gasteiger partial charge in [0.15, 0.2) is 0 Å². The second-order valence-electron chi connectivity index (χ2n) is 7.15. The van der Waals surface area contributed by atoms with Gasteiger partial charge in [0, 0.05) is 19.1 Å². The van der Waals surface area contributed by atoms with Gasteiger partial charge in [-0.25, -0.2) is 12.7 Å². The third-order valence-electron chi connectivity index (χ3n) is 5.20. The Morgan fingerprint density at radius 2 is 1.78 bits per heavy atom. The van der Waals surface area contributed by atoms with Crippen LogP contribution in [0.5, 0.6) is 0 Å². The monoisotopic (exact) mass is 336 g/mol. The Labute approximate surface area is 138 Å². The van der Waals surface area contributed by atoms with Crippen LogP contribution in [0.1, 0.15) is 32.3 Å². The molecule has 2 aliphatic heterocycles. The topological polar surface area (TPSA) is 66.5 Å². The van der Waals surface area contributed by atoms with E-state index in [1.54, 1.807) is 4.31 Å². The summed E-state index contributed by atoms with van der Waals surface area (Å²) in [5.74, 6) is 0.525. The number of carbonyl (C=O) groups excluding carboxylic acids is 1. The average molecular weight is 336 g/mol. The molecule has 2 fully saturated rings. The van der Waals surface area contributed by atoms with Gasteiger partial charge in [-0.2, -0.15) is 0 Å². The first kappa shape index (κ1) is 16.5. The van der Waals surface area contributed by atoms with Crippen molar-refractivity contribution < 1.29 is 13.2 Å². The summed E-state index contributed by atoms with van der Waals surface area (Å²) in [6, 6.07) is 9.47. The molecule has 2 saturated heterocycles. The number of hydrogen-bond donors (Lipinski definition) is 1. The SMILES string of the molecule is CC1(C)C(=O)N[C@H]1C1CCN(S(=O)(=O)Cc2ccccc2)CC1. The molecule has 23 heavy (non-hydrogen) atoms. The van der Waals surface area contributed by atoms with E-state index < -0.39 is 10.0 Å². The zero-order valence-corrected chi connectivity index (χ0v) is 14.5. The number of hydrogen-bond acceptors (Lipinski definition) is 3. The van der Waals surface area contributed by atoms with Gasteiger partial charge >= 0.3 is 0 Å². The summed E-state index contributed by atoms with van der Waals surface area (Å²) in [7, 11) is -3.27. The lowest BCUT2D eigenvalue weighted by atomic mass is 9.68. The van der Waals surface area contributed by atoms with Crippen LogP contribution in [-0.2, 0) is 20.6 Å². The van der Waals surface area contributed by atoms with Gasteiger partial charge in [0.05, 0.1) is 11.2 Å². The van der Waals surface area contributed by atoms with Crippen LogP contribution in [0.2, 0.25) is 0 Å². The van der Waals surface area contributed by atoms with Gasteiger partial charge in [-0.15, -0.1) is 0 Å². The first-order chi connectivity index (χ1) is 10.8. The number of rotatable bonds is 4. The van der Waals surface area contributed by atoms with Crippen LogP contribution in [0, 0.1) is 11.3 Å². The Morgan fingerprint density at radius 3 is 2.30 bits per heavy atom. The minimum atomic E-state index is -3.27. The van der Waals surface area contributed by atoms with Gasteiger partial charge < -0.3 is 5.32 Å². The van der Waals surface area contributed by atoms with Crippen molar-refractivity contribution in [1.82, 2.24) is 9.62 Å². The number of carbonyl (C=O) groups is 1. The molecule has 6 heteroatoms. The van der Waals surface area contributed by atoms with Gasteiger partial charge in [-0.05, 0) is 38.2 Å². The fourth-order valence-corrected chi connectivity index (χ4v) is 5.21. The van der Waals surface area contributed by atoms with Gasteiger partial charge in [0.25, 0.3) is 0 Å². The van der Waals surface area contributed by atoms with Crippen LogP contribution >= 0.6 is 0 Å². The lowest BCUT2D eigenvalue weighted by molar-refractivity contribution is -0.146. The molecule has 0 unspecified atom stereocenters. The van der Waals surface area contributed by atoms with Crippen molar-refractivity contribution in [1.29, 1.82) is 0 Å². The zero-order chi connectivity index (χ0) is 16.7. The first-order valence-electron chi connectivity index (χ1n) is 8.13. The maximum absolute atomic E-state index is 12.6. The van der Waals surface area contributed by atoms with Crippen molar-refractivity contribution in [2.45, 2.75) is 38.5 Å². The molecule has 1 atom stereocenters. The Morgan fingerprint density at radius 1 is 1.17 bits per heavy atom. The molecule has 0 aliphatic carbocycles. The number of sulfonamides is 1. The molecule has 3 rings (SSSR count). The largest absolute Gasteiger partial charge is 0.351 e. The summed E-state index contributed by atoms with van der Waals surface area (Å²) < 4.78 is 26.7. The van der Waals surface area contributed by atoms with Crippen molar-refractivity contribution in [3.05, 3.63) is 35.9 Å². The van der Waals surface area contributed by atoms with Gasteiger partial charge in [0.1, 0.15) is 0 Å². The molecule has 1 aromatic rings. The van der Waals surface area contributed by atoms with Crippen LogP contribution in [0.25, 0.3) is 0 Å². The molecule has 1 aromatic carbocycles. The van der Waals surface area contributed by atoms with E-state index in [1.807, 2.05) is 44.2 Å². The quantitative estimate of drug-likeness (QED) is 0.852. The summed E-state index contributed by atoms with van der Waals surface area (Å²) in [6.07, 6.45) is 1.62. The molecule has 1 N–H and O–H groups in total. The summed E-state index contributed by atoms with van der Waals surface area (Å²) in [5, 5.41) is 2.99. The summed E-state index contributed by atoms with van der Waals surface area (Å²) in [6.45, 7) is 5.02. The van der Waals surface area contributed by atoms with Crippen molar-refractivity contribution >= 4 is 15.9 Å². The lowest BCUT2D eigenvalue weighted by Gasteiger charge is -2.49. The normalized spacial score (nSPS) is 25.7. The van der Waals surface area contributed by atoms with Gasteiger partial charge in [-0.3, -0.25) is 4.79 Å². The van der Waals surface area contributed by atoms with Crippen molar-refractivity contribution in [3.8, 4) is 0 Å². The summed E-state index contributed by atoms with van der Waals surface area (Å²) in [4.78, 5) is 11.6. The van der Waals surface area contributed by atoms with E-state index >= 15 is 0 Å². The van der Waals surface area contributed by atoms with E-state index in [0.717, 1.165) is 18.4 Å². The minimum absolute atomic E-state index is 0.0597. The van der Waals surface area contributed by atoms with E-state index in [1.165, 1.54) is 0 Å². The highest BCUT2D eigenvalue weighted by molar-refractivity contribution is 7.88. The average Bonchev–Trinajstić information content (AvgIpc) is 2.53. The molecule has 0 bridgehead atoms. The Balaban J connectivity index is 1.59. The van der Waals surface area contributed by atoms with Crippen LogP contribution in [-0.4, -0.2) is 37.8 Å². The fourth-order valence-electron chi connectivity index (χ4n) is 3.64. The molecule has 0 spiro atoms. The number of piperidine rings is 1. The van der Waals surface area contributed by atoms with E-state index in [4.69, 9.17) is 0 Å². The molecule has 2 aliphatic rings. The van der Waals surface area contributed by atoms with Crippen LogP contribution in [0.15, 0.2) is 30.3 Å². The first-order valence-corrected chi connectivity index (χ1v) is 9.74. The summed E-state index contributed by atoms with van der Waals surface area (Å²) >= 11 is 0. The van der Waals surface area contributed by atoms with E-state index in [0.29, 0.717) is 19.0 Å². The Bertz CT molecular complexity index is 677. The lowest BCUT2D eigenvalue weighted by Crippen LogP contribution is -2.68. The standard InChI is InChI=1S/C17H24N2O3S/c1-17(2)15(18-16(17)20)14-8-10-19(11-9-14)23(21,22)12-13-6-4-3-5-7-13/h3-7,14-15H,8-12H2,1-2H3,(H,18,20)/t15-/m0/s1. The smallest absolute Gasteiger partial charge is 0.228 e. The molecule has 2 heterocycles. The minimum Gasteiger partial charge on any atom is -0.351 e. The number of nitrogens with one attached hydrogen (secondary N) is 1. The molecular formula is C17H24N2O3S. The second-order valence-corrected chi connectivity index (χ2v) is 9.12. The molecule has 5 nitrogen and oxygen atoms in total. The second kappa shape index (κ2) is 5.91. The maximum atomic E-state index is 12.6. The predicted molar refractivity (Wildman–Crippen MR) is 89.1 cm³/mol. The molecule has 0 radical (unpaired) electrons. The van der Waals surface area contributed by atoms with Crippen molar-refractivity contribution in [3.63, 3.8) is 0 Å². The predicted octanol–water partition coefficient (Wildman–Crippen LogP) is 1.75.